The van der Waals surface area contributed by atoms with Crippen LogP contribution in [0.3, 0.4) is 0 Å². The van der Waals surface area contributed by atoms with Gasteiger partial charge in [0.15, 0.2) is 0 Å². The van der Waals surface area contributed by atoms with Gasteiger partial charge in [-0.25, -0.2) is 0 Å². The zero-order valence-corrected chi connectivity index (χ0v) is 11.3. The molecule has 0 aromatic carbocycles. The second kappa shape index (κ2) is 6.52. The van der Waals surface area contributed by atoms with Gasteiger partial charge in [-0.05, 0) is 18.8 Å². The summed E-state index contributed by atoms with van der Waals surface area (Å²) in [5.74, 6) is 1.24. The molecule has 0 aromatic heterocycles. The van der Waals surface area contributed by atoms with E-state index in [0.717, 1.165) is 32.4 Å². The van der Waals surface area contributed by atoms with Crippen LogP contribution in [0.15, 0.2) is 12.4 Å². The Kier molecular flexibility index (Phi) is 5.32. The predicted octanol–water partition coefficient (Wildman–Crippen LogP) is 1.30. The first-order valence-electron chi connectivity index (χ1n) is 6.52. The van der Waals surface area contributed by atoms with Crippen LogP contribution in [0.25, 0.3) is 0 Å². The van der Waals surface area contributed by atoms with Crippen molar-refractivity contribution in [3.63, 3.8) is 0 Å². The molecular weight excluding hydrogens is 214 g/mol. The lowest BCUT2D eigenvalue weighted by atomic mass is 9.98. The van der Waals surface area contributed by atoms with Crippen molar-refractivity contribution >= 4 is 5.91 Å². The van der Waals surface area contributed by atoms with E-state index < -0.39 is 0 Å². The number of carbonyl (C=O) groups is 1. The van der Waals surface area contributed by atoms with Crippen LogP contribution >= 0.6 is 0 Å². The third kappa shape index (κ3) is 3.65. The van der Waals surface area contributed by atoms with Crippen LogP contribution in [0.2, 0.25) is 0 Å². The highest BCUT2D eigenvalue weighted by molar-refractivity contribution is 5.82. The number of likely N-dealkylation sites (tertiary alicyclic amines) is 1. The van der Waals surface area contributed by atoms with Crippen molar-refractivity contribution in [3.8, 4) is 0 Å². The van der Waals surface area contributed by atoms with E-state index in [0.29, 0.717) is 11.7 Å². The normalized spacial score (nSPS) is 18.6. The molecule has 1 rings (SSSR count). The number of hydrogen-bond donors (Lipinski definition) is 2. The molecule has 2 atom stereocenters. The maximum atomic E-state index is 12.4. The van der Waals surface area contributed by atoms with Gasteiger partial charge < -0.3 is 15.5 Å². The zero-order chi connectivity index (χ0) is 12.8. The molecule has 1 heterocycles. The first-order chi connectivity index (χ1) is 8.10. The molecule has 1 amide bonds. The maximum Gasteiger partial charge on any atom is 0.245 e. The highest BCUT2D eigenvalue weighted by Gasteiger charge is 2.29. The van der Waals surface area contributed by atoms with E-state index in [1.165, 1.54) is 0 Å². The molecule has 0 aromatic rings. The van der Waals surface area contributed by atoms with Gasteiger partial charge in [0, 0.05) is 20.1 Å². The van der Waals surface area contributed by atoms with Crippen molar-refractivity contribution in [2.24, 2.45) is 5.92 Å². The quantitative estimate of drug-likeness (QED) is 0.734. The molecule has 0 spiro atoms. The van der Waals surface area contributed by atoms with Gasteiger partial charge in [0.25, 0.3) is 0 Å². The monoisotopic (exact) mass is 239 g/mol. The molecule has 4 nitrogen and oxygen atoms in total. The lowest BCUT2D eigenvalue weighted by molar-refractivity contribution is -0.133. The van der Waals surface area contributed by atoms with Gasteiger partial charge in [-0.1, -0.05) is 26.8 Å². The molecule has 1 aliphatic rings. The Morgan fingerprint density at radius 2 is 2.00 bits per heavy atom. The highest BCUT2D eigenvalue weighted by Crippen LogP contribution is 2.15. The topological polar surface area (TPSA) is 44.4 Å². The van der Waals surface area contributed by atoms with Gasteiger partial charge in [0.2, 0.25) is 5.91 Å². The lowest BCUT2D eigenvalue weighted by Gasteiger charge is -2.29. The summed E-state index contributed by atoms with van der Waals surface area (Å²) in [6, 6.07) is -0.155. The molecule has 17 heavy (non-hydrogen) atoms. The van der Waals surface area contributed by atoms with Gasteiger partial charge in [-0.15, -0.1) is 0 Å². The number of amides is 1. The summed E-state index contributed by atoms with van der Waals surface area (Å²) in [5.41, 5.74) is 0. The zero-order valence-electron chi connectivity index (χ0n) is 11.3. The van der Waals surface area contributed by atoms with E-state index in [2.05, 4.69) is 31.1 Å². The summed E-state index contributed by atoms with van der Waals surface area (Å²) in [7, 11) is 1.81. The van der Waals surface area contributed by atoms with Gasteiger partial charge in [0.05, 0.1) is 5.82 Å². The Labute approximate surface area is 104 Å². The fraction of sp³-hybridized carbons (Fsp3) is 0.769. The van der Waals surface area contributed by atoms with Crippen molar-refractivity contribution in [1.29, 1.82) is 0 Å². The van der Waals surface area contributed by atoms with E-state index >= 15 is 0 Å². The summed E-state index contributed by atoms with van der Waals surface area (Å²) in [4.78, 5) is 14.4. The summed E-state index contributed by atoms with van der Waals surface area (Å²) in [5, 5.41) is 6.14. The van der Waals surface area contributed by atoms with Crippen LogP contribution in [0.1, 0.15) is 33.1 Å². The van der Waals surface area contributed by atoms with Crippen LogP contribution in [-0.2, 0) is 4.79 Å². The largest absolute Gasteiger partial charge is 0.375 e. The van der Waals surface area contributed by atoms with Gasteiger partial charge in [-0.2, -0.15) is 0 Å². The first-order valence-corrected chi connectivity index (χ1v) is 6.52. The molecule has 0 bridgehead atoms. The second-order valence-electron chi connectivity index (χ2n) is 4.77. The SMILES string of the molecule is C=C(NC)N[C@H](C(=O)N1CCCC1)C(C)CC. The average molecular weight is 239 g/mol. The summed E-state index contributed by atoms with van der Waals surface area (Å²) < 4.78 is 0. The molecule has 1 aliphatic heterocycles. The Balaban J connectivity index is 2.67. The van der Waals surface area contributed by atoms with Crippen molar-refractivity contribution in [3.05, 3.63) is 12.4 Å². The van der Waals surface area contributed by atoms with E-state index in [9.17, 15) is 4.79 Å². The molecule has 1 fully saturated rings. The Hall–Kier alpha value is -1.19. The molecule has 0 radical (unpaired) electrons. The fourth-order valence-corrected chi connectivity index (χ4v) is 2.08. The Morgan fingerprint density at radius 1 is 1.41 bits per heavy atom. The molecule has 0 aliphatic carbocycles. The molecule has 2 N–H and O–H groups in total. The Bertz CT molecular complexity index is 272. The number of nitrogens with one attached hydrogen (secondary N) is 2. The molecule has 0 saturated carbocycles. The van der Waals surface area contributed by atoms with Gasteiger partial charge in [-0.3, -0.25) is 4.79 Å². The minimum absolute atomic E-state index is 0.155. The fourth-order valence-electron chi connectivity index (χ4n) is 2.08. The smallest absolute Gasteiger partial charge is 0.245 e. The van der Waals surface area contributed by atoms with Crippen LogP contribution in [0, 0.1) is 5.92 Å². The van der Waals surface area contributed by atoms with E-state index in [4.69, 9.17) is 0 Å². The van der Waals surface area contributed by atoms with Crippen molar-refractivity contribution in [1.82, 2.24) is 15.5 Å². The van der Waals surface area contributed by atoms with Gasteiger partial charge >= 0.3 is 0 Å². The van der Waals surface area contributed by atoms with Crippen molar-refractivity contribution in [2.75, 3.05) is 20.1 Å². The summed E-state index contributed by atoms with van der Waals surface area (Å²) >= 11 is 0. The highest BCUT2D eigenvalue weighted by atomic mass is 16.2. The standard InChI is InChI=1S/C13H25N3O/c1-5-10(2)12(15-11(3)14-4)13(17)16-8-6-7-9-16/h10,12,14-15H,3,5-9H2,1-2,4H3/t10?,12-/m0/s1. The molecular formula is C13H25N3O. The molecule has 1 unspecified atom stereocenters. The lowest BCUT2D eigenvalue weighted by Crippen LogP contribution is -2.49. The van der Waals surface area contributed by atoms with Crippen LogP contribution in [0.5, 0.6) is 0 Å². The van der Waals surface area contributed by atoms with Crippen LogP contribution in [-0.4, -0.2) is 37.0 Å². The van der Waals surface area contributed by atoms with Crippen LogP contribution in [0.4, 0.5) is 0 Å². The second-order valence-corrected chi connectivity index (χ2v) is 4.77. The minimum atomic E-state index is -0.155. The van der Waals surface area contributed by atoms with Crippen molar-refractivity contribution in [2.45, 2.75) is 39.2 Å². The number of hydrogen-bond acceptors (Lipinski definition) is 3. The molecule has 1 saturated heterocycles. The predicted molar refractivity (Wildman–Crippen MR) is 70.4 cm³/mol. The third-order valence-corrected chi connectivity index (χ3v) is 3.53. The van der Waals surface area contributed by atoms with E-state index in [1.54, 1.807) is 0 Å². The van der Waals surface area contributed by atoms with Crippen LogP contribution < -0.4 is 10.6 Å². The number of rotatable bonds is 6. The molecule has 4 heteroatoms. The maximum absolute atomic E-state index is 12.4. The van der Waals surface area contributed by atoms with E-state index in [-0.39, 0.29) is 11.9 Å². The van der Waals surface area contributed by atoms with Crippen molar-refractivity contribution < 1.29 is 4.79 Å². The van der Waals surface area contributed by atoms with E-state index in [1.807, 2.05) is 11.9 Å². The average Bonchev–Trinajstić information content (AvgIpc) is 2.87. The summed E-state index contributed by atoms with van der Waals surface area (Å²) in [6.07, 6.45) is 3.24. The third-order valence-electron chi connectivity index (χ3n) is 3.53. The summed E-state index contributed by atoms with van der Waals surface area (Å²) in [6.45, 7) is 9.87. The Morgan fingerprint density at radius 3 is 2.47 bits per heavy atom. The number of nitrogens with zero attached hydrogens (tertiary/aromatic N) is 1. The molecule has 98 valence electrons. The van der Waals surface area contributed by atoms with Gasteiger partial charge in [0.1, 0.15) is 6.04 Å². The minimum Gasteiger partial charge on any atom is -0.375 e. The number of carbonyl (C=O) groups excluding carboxylic acids is 1. The first kappa shape index (κ1) is 13.9.